The number of aliphatic carboxylic acids is 1. The van der Waals surface area contributed by atoms with Gasteiger partial charge in [-0.2, -0.15) is 0 Å². The van der Waals surface area contributed by atoms with Crippen molar-refractivity contribution >= 4 is 5.97 Å². The molecule has 0 saturated heterocycles. The largest absolute Gasteiger partial charge is 0.481 e. The molecular weight excluding hydrogens is 152 g/mol. The highest BCUT2D eigenvalue weighted by Crippen LogP contribution is 2.16. The van der Waals surface area contributed by atoms with E-state index in [1.807, 2.05) is 6.92 Å². The molecule has 0 aliphatic carbocycles. The quantitative estimate of drug-likeness (QED) is 0.598. The molecule has 12 heavy (non-hydrogen) atoms. The van der Waals surface area contributed by atoms with Gasteiger partial charge in [-0.05, 0) is 12.3 Å². The van der Waals surface area contributed by atoms with E-state index in [1.54, 1.807) is 0 Å². The van der Waals surface area contributed by atoms with E-state index >= 15 is 0 Å². The molecule has 1 N–H and O–H groups in total. The molecule has 0 spiro atoms. The second kappa shape index (κ2) is 7.14. The average molecular weight is 171 g/mol. The van der Waals surface area contributed by atoms with Crippen LogP contribution < -0.4 is 0 Å². The van der Waals surface area contributed by atoms with Crippen LogP contribution in [0.3, 0.4) is 0 Å². The highest BCUT2D eigenvalue weighted by Gasteiger charge is 2.10. The van der Waals surface area contributed by atoms with Gasteiger partial charge in [-0.3, -0.25) is 4.79 Å². The van der Waals surface area contributed by atoms with E-state index in [1.165, 1.54) is 19.3 Å². The van der Waals surface area contributed by atoms with Gasteiger partial charge in [0.25, 0.3) is 0 Å². The Hall–Kier alpha value is -0.530. The van der Waals surface area contributed by atoms with Crippen molar-refractivity contribution in [2.75, 3.05) is 0 Å². The summed E-state index contributed by atoms with van der Waals surface area (Å²) in [5, 5.41) is 8.52. The number of hydrogen-bond donors (Lipinski definition) is 1. The maximum absolute atomic E-state index is 10.3. The first kappa shape index (κ1) is 11.5. The van der Waals surface area contributed by atoms with Gasteiger partial charge in [0.2, 0.25) is 0 Å². The van der Waals surface area contributed by atoms with Gasteiger partial charge in [-0.15, -0.1) is 0 Å². The topological polar surface area (TPSA) is 37.3 Å². The maximum atomic E-state index is 10.3. The molecule has 1 atom stereocenters. The Labute approximate surface area is 75.0 Å². The molecule has 0 aromatic heterocycles. The standard InChI is InChI=1S/C10H19O2/c1-3-5-6-7-9(4-2)8-10(11)12/h8-9H,3-7H2,1-2H3,(H,11,12). The maximum Gasteiger partial charge on any atom is 0.307 e. The highest BCUT2D eigenvalue weighted by atomic mass is 16.4. The van der Waals surface area contributed by atoms with Crippen LogP contribution in [0.15, 0.2) is 0 Å². The van der Waals surface area contributed by atoms with E-state index < -0.39 is 5.97 Å². The number of hydrogen-bond acceptors (Lipinski definition) is 1. The summed E-state index contributed by atoms with van der Waals surface area (Å²) >= 11 is 0. The van der Waals surface area contributed by atoms with E-state index in [0.29, 0.717) is 0 Å². The van der Waals surface area contributed by atoms with Crippen LogP contribution in [-0.2, 0) is 4.79 Å². The zero-order chi connectivity index (χ0) is 9.40. The molecule has 71 valence electrons. The first-order valence-electron chi connectivity index (χ1n) is 4.78. The summed E-state index contributed by atoms with van der Waals surface area (Å²) < 4.78 is 0. The zero-order valence-corrected chi connectivity index (χ0v) is 8.05. The number of carbonyl (C=O) groups is 1. The minimum Gasteiger partial charge on any atom is -0.481 e. The number of carboxylic acid groups (broad SMARTS) is 1. The van der Waals surface area contributed by atoms with E-state index in [9.17, 15) is 4.79 Å². The molecule has 0 rings (SSSR count). The van der Waals surface area contributed by atoms with Crippen molar-refractivity contribution in [3.63, 3.8) is 0 Å². The van der Waals surface area contributed by atoms with E-state index in [2.05, 4.69) is 6.92 Å². The normalized spacial score (nSPS) is 12.8. The number of carboxylic acids is 1. The molecule has 2 heteroatoms. The van der Waals surface area contributed by atoms with Gasteiger partial charge in [0, 0.05) is 0 Å². The minimum atomic E-state index is -0.779. The Morgan fingerprint density at radius 2 is 2.08 bits per heavy atom. The molecule has 0 bridgehead atoms. The summed E-state index contributed by atoms with van der Waals surface area (Å²) in [6.07, 6.45) is 6.95. The van der Waals surface area contributed by atoms with Gasteiger partial charge in [0.05, 0.1) is 6.42 Å². The lowest BCUT2D eigenvalue weighted by Gasteiger charge is -2.10. The lowest BCUT2D eigenvalue weighted by atomic mass is 9.95. The van der Waals surface area contributed by atoms with Crippen LogP contribution in [0.2, 0.25) is 0 Å². The lowest BCUT2D eigenvalue weighted by molar-refractivity contribution is -0.133. The molecule has 1 unspecified atom stereocenters. The molecule has 0 saturated carbocycles. The Morgan fingerprint density at radius 3 is 2.50 bits per heavy atom. The van der Waals surface area contributed by atoms with Crippen molar-refractivity contribution in [2.24, 2.45) is 5.92 Å². The van der Waals surface area contributed by atoms with Crippen LogP contribution in [0.25, 0.3) is 0 Å². The Balaban J connectivity index is 3.46. The molecule has 0 heterocycles. The molecule has 0 aliphatic heterocycles. The van der Waals surface area contributed by atoms with Crippen molar-refractivity contribution in [2.45, 2.75) is 46.0 Å². The van der Waals surface area contributed by atoms with E-state index in [0.717, 1.165) is 19.3 Å². The fourth-order valence-electron chi connectivity index (χ4n) is 1.26. The predicted octanol–water partition coefficient (Wildman–Crippen LogP) is 2.88. The first-order chi connectivity index (χ1) is 5.70. The third-order valence-corrected chi connectivity index (χ3v) is 2.08. The Bertz CT molecular complexity index is 121. The molecule has 0 aliphatic rings. The second-order valence-electron chi connectivity index (χ2n) is 3.17. The molecular formula is C10H19O2. The first-order valence-corrected chi connectivity index (χ1v) is 4.78. The van der Waals surface area contributed by atoms with Crippen LogP contribution in [0.1, 0.15) is 46.0 Å². The summed E-state index contributed by atoms with van der Waals surface area (Å²) in [5.41, 5.74) is 0. The molecule has 0 fully saturated rings. The van der Waals surface area contributed by atoms with Gasteiger partial charge in [0.1, 0.15) is 0 Å². The van der Waals surface area contributed by atoms with Gasteiger partial charge in [0.15, 0.2) is 0 Å². The third-order valence-electron chi connectivity index (χ3n) is 2.08. The summed E-state index contributed by atoms with van der Waals surface area (Å²) in [4.78, 5) is 10.3. The molecule has 0 amide bonds. The smallest absolute Gasteiger partial charge is 0.307 e. The molecule has 0 aromatic carbocycles. The fraction of sp³-hybridized carbons (Fsp3) is 0.800. The van der Waals surface area contributed by atoms with Crippen LogP contribution >= 0.6 is 0 Å². The molecule has 2 nitrogen and oxygen atoms in total. The van der Waals surface area contributed by atoms with E-state index in [4.69, 9.17) is 5.11 Å². The second-order valence-corrected chi connectivity index (χ2v) is 3.17. The van der Waals surface area contributed by atoms with Crippen molar-refractivity contribution in [3.05, 3.63) is 6.42 Å². The van der Waals surface area contributed by atoms with Crippen molar-refractivity contribution in [3.8, 4) is 0 Å². The highest BCUT2D eigenvalue weighted by molar-refractivity contribution is 5.76. The SMILES string of the molecule is CCCCCC([CH]C(=O)O)CC. The Morgan fingerprint density at radius 1 is 1.42 bits per heavy atom. The van der Waals surface area contributed by atoms with Crippen molar-refractivity contribution in [1.29, 1.82) is 0 Å². The minimum absolute atomic E-state index is 0.272. The monoisotopic (exact) mass is 171 g/mol. The third kappa shape index (κ3) is 6.20. The van der Waals surface area contributed by atoms with Crippen LogP contribution in [-0.4, -0.2) is 11.1 Å². The van der Waals surface area contributed by atoms with Gasteiger partial charge in [-0.1, -0.05) is 39.5 Å². The molecule has 1 radical (unpaired) electrons. The van der Waals surface area contributed by atoms with Crippen LogP contribution in [0.5, 0.6) is 0 Å². The number of rotatable bonds is 7. The van der Waals surface area contributed by atoms with Crippen molar-refractivity contribution < 1.29 is 9.90 Å². The van der Waals surface area contributed by atoms with Crippen molar-refractivity contribution in [1.82, 2.24) is 0 Å². The van der Waals surface area contributed by atoms with Gasteiger partial charge in [-0.25, -0.2) is 0 Å². The summed E-state index contributed by atoms with van der Waals surface area (Å²) in [7, 11) is 0. The summed E-state index contributed by atoms with van der Waals surface area (Å²) in [6.45, 7) is 4.19. The zero-order valence-electron chi connectivity index (χ0n) is 8.05. The summed E-state index contributed by atoms with van der Waals surface area (Å²) in [5.74, 6) is -0.507. The Kier molecular flexibility index (Phi) is 6.82. The fourth-order valence-corrected chi connectivity index (χ4v) is 1.26. The number of unbranched alkanes of at least 4 members (excludes halogenated alkanes) is 2. The predicted molar refractivity (Wildman–Crippen MR) is 49.9 cm³/mol. The van der Waals surface area contributed by atoms with Gasteiger partial charge < -0.3 is 5.11 Å². The van der Waals surface area contributed by atoms with Gasteiger partial charge >= 0.3 is 5.97 Å². The van der Waals surface area contributed by atoms with Crippen LogP contribution in [0, 0.1) is 12.3 Å². The molecule has 0 aromatic rings. The van der Waals surface area contributed by atoms with E-state index in [-0.39, 0.29) is 5.92 Å². The van der Waals surface area contributed by atoms with Crippen LogP contribution in [0.4, 0.5) is 0 Å². The summed E-state index contributed by atoms with van der Waals surface area (Å²) in [6, 6.07) is 0. The lowest BCUT2D eigenvalue weighted by Crippen LogP contribution is -2.07. The average Bonchev–Trinajstić information content (AvgIpc) is 2.02.